The SMILES string of the molecule is CCn1c(=O)c(C)nc2cc(C(=O)OCC(=O)N[C@H]3CCC[C@@H](C)[C@@H]3C)ccc21. The van der Waals surface area contributed by atoms with Gasteiger partial charge in [-0.15, -0.1) is 0 Å². The van der Waals surface area contributed by atoms with E-state index in [4.69, 9.17) is 4.74 Å². The van der Waals surface area contributed by atoms with Crippen LogP contribution < -0.4 is 10.9 Å². The van der Waals surface area contributed by atoms with Gasteiger partial charge in [0.2, 0.25) is 0 Å². The van der Waals surface area contributed by atoms with E-state index < -0.39 is 5.97 Å². The second-order valence-electron chi connectivity index (χ2n) is 7.97. The third-order valence-electron chi connectivity index (χ3n) is 6.05. The van der Waals surface area contributed by atoms with Crippen LogP contribution in [0.4, 0.5) is 0 Å². The summed E-state index contributed by atoms with van der Waals surface area (Å²) >= 11 is 0. The molecule has 1 amide bonds. The molecule has 0 saturated heterocycles. The quantitative estimate of drug-likeness (QED) is 0.781. The number of hydrogen-bond donors (Lipinski definition) is 1. The van der Waals surface area contributed by atoms with Gasteiger partial charge in [0.25, 0.3) is 11.5 Å². The van der Waals surface area contributed by atoms with Gasteiger partial charge in [0, 0.05) is 12.6 Å². The van der Waals surface area contributed by atoms with Crippen molar-refractivity contribution >= 4 is 22.9 Å². The number of nitrogens with one attached hydrogen (secondary N) is 1. The Morgan fingerprint density at radius 2 is 2.03 bits per heavy atom. The van der Waals surface area contributed by atoms with Crippen molar-refractivity contribution in [2.75, 3.05) is 6.61 Å². The molecule has 0 spiro atoms. The monoisotopic (exact) mass is 399 g/mol. The Labute approximate surface area is 170 Å². The number of fused-ring (bicyclic) bond motifs is 1. The molecule has 1 aliphatic rings. The van der Waals surface area contributed by atoms with E-state index in [0.717, 1.165) is 12.8 Å². The van der Waals surface area contributed by atoms with E-state index in [9.17, 15) is 14.4 Å². The summed E-state index contributed by atoms with van der Waals surface area (Å²) in [6.07, 6.45) is 3.24. The number of carbonyl (C=O) groups excluding carboxylic acids is 2. The van der Waals surface area contributed by atoms with Crippen molar-refractivity contribution in [3.05, 3.63) is 39.8 Å². The maximum absolute atomic E-state index is 12.4. The Hall–Kier alpha value is -2.70. The lowest BCUT2D eigenvalue weighted by Gasteiger charge is -2.34. The van der Waals surface area contributed by atoms with E-state index in [1.54, 1.807) is 29.7 Å². The number of aryl methyl sites for hydroxylation is 2. The lowest BCUT2D eigenvalue weighted by Crippen LogP contribution is -2.45. The predicted octanol–water partition coefficient (Wildman–Crippen LogP) is 2.82. The number of rotatable bonds is 5. The fourth-order valence-corrected chi connectivity index (χ4v) is 4.06. The lowest BCUT2D eigenvalue weighted by molar-refractivity contribution is -0.125. The highest BCUT2D eigenvalue weighted by Crippen LogP contribution is 2.29. The van der Waals surface area contributed by atoms with Crippen LogP contribution in [-0.4, -0.2) is 34.1 Å². The molecule has 7 nitrogen and oxygen atoms in total. The van der Waals surface area contributed by atoms with Gasteiger partial charge in [0.1, 0.15) is 5.69 Å². The summed E-state index contributed by atoms with van der Waals surface area (Å²) in [4.78, 5) is 41.1. The topological polar surface area (TPSA) is 90.3 Å². The Balaban J connectivity index is 1.66. The van der Waals surface area contributed by atoms with Gasteiger partial charge in [-0.1, -0.05) is 26.7 Å². The number of hydrogen-bond acceptors (Lipinski definition) is 5. The van der Waals surface area contributed by atoms with Gasteiger partial charge >= 0.3 is 5.97 Å². The number of benzene rings is 1. The van der Waals surface area contributed by atoms with Crippen LogP contribution in [0, 0.1) is 18.8 Å². The van der Waals surface area contributed by atoms with E-state index in [2.05, 4.69) is 24.1 Å². The molecule has 3 rings (SSSR count). The van der Waals surface area contributed by atoms with Crippen molar-refractivity contribution in [2.45, 2.75) is 59.5 Å². The lowest BCUT2D eigenvalue weighted by atomic mass is 9.78. The van der Waals surface area contributed by atoms with E-state index in [0.29, 0.717) is 40.7 Å². The fraction of sp³-hybridized carbons (Fsp3) is 0.545. The standard InChI is InChI=1S/C22H29N3O4/c1-5-25-19-10-9-16(11-18(19)23-15(4)21(25)27)22(28)29-12-20(26)24-17-8-6-7-13(2)14(17)3/h9-11,13-14,17H,5-8,12H2,1-4H3,(H,24,26)/t13-,14+,17+/m1/s1. The van der Waals surface area contributed by atoms with Gasteiger partial charge < -0.3 is 14.6 Å². The average molecular weight is 399 g/mol. The molecule has 156 valence electrons. The largest absolute Gasteiger partial charge is 0.452 e. The van der Waals surface area contributed by atoms with Gasteiger partial charge in [0.05, 0.1) is 16.6 Å². The zero-order chi connectivity index (χ0) is 21.1. The summed E-state index contributed by atoms with van der Waals surface area (Å²) in [5, 5.41) is 3.00. The van der Waals surface area contributed by atoms with Crippen molar-refractivity contribution in [1.29, 1.82) is 0 Å². The number of amides is 1. The molecule has 0 bridgehead atoms. The molecule has 2 aromatic rings. The summed E-state index contributed by atoms with van der Waals surface area (Å²) in [6.45, 7) is 8.10. The zero-order valence-corrected chi connectivity index (χ0v) is 17.5. The van der Waals surface area contributed by atoms with Crippen molar-refractivity contribution in [2.24, 2.45) is 11.8 Å². The summed E-state index contributed by atoms with van der Waals surface area (Å²) in [6, 6.07) is 5.01. The van der Waals surface area contributed by atoms with E-state index in [1.807, 2.05) is 6.92 Å². The first-order valence-electron chi connectivity index (χ1n) is 10.3. The molecule has 0 radical (unpaired) electrons. The zero-order valence-electron chi connectivity index (χ0n) is 17.5. The molecule has 1 heterocycles. The van der Waals surface area contributed by atoms with Crippen molar-refractivity contribution < 1.29 is 14.3 Å². The number of carbonyl (C=O) groups is 2. The average Bonchev–Trinajstić information content (AvgIpc) is 2.70. The molecule has 1 saturated carbocycles. The summed E-state index contributed by atoms with van der Waals surface area (Å²) < 4.78 is 6.82. The third kappa shape index (κ3) is 4.49. The van der Waals surface area contributed by atoms with Gasteiger partial charge in [-0.3, -0.25) is 9.59 Å². The molecule has 7 heteroatoms. The highest BCUT2D eigenvalue weighted by Gasteiger charge is 2.28. The van der Waals surface area contributed by atoms with Crippen LogP contribution in [0.1, 0.15) is 56.1 Å². The Morgan fingerprint density at radius 1 is 1.28 bits per heavy atom. The maximum atomic E-state index is 12.4. The smallest absolute Gasteiger partial charge is 0.338 e. The number of esters is 1. The molecular formula is C22H29N3O4. The number of aromatic nitrogens is 2. The molecule has 1 aromatic heterocycles. The van der Waals surface area contributed by atoms with Crippen molar-refractivity contribution in [1.82, 2.24) is 14.9 Å². The van der Waals surface area contributed by atoms with Crippen LogP contribution in [0.25, 0.3) is 11.0 Å². The van der Waals surface area contributed by atoms with Crippen LogP contribution in [0.15, 0.2) is 23.0 Å². The van der Waals surface area contributed by atoms with Crippen molar-refractivity contribution in [3.63, 3.8) is 0 Å². The second-order valence-corrected chi connectivity index (χ2v) is 7.97. The Kier molecular flexibility index (Phi) is 6.35. The van der Waals surface area contributed by atoms with E-state index in [-0.39, 0.29) is 24.1 Å². The van der Waals surface area contributed by atoms with Gasteiger partial charge in [0.15, 0.2) is 6.61 Å². The Morgan fingerprint density at radius 3 is 2.76 bits per heavy atom. The minimum Gasteiger partial charge on any atom is -0.452 e. The van der Waals surface area contributed by atoms with Gasteiger partial charge in [-0.2, -0.15) is 0 Å². The van der Waals surface area contributed by atoms with Crippen LogP contribution in [0.2, 0.25) is 0 Å². The maximum Gasteiger partial charge on any atom is 0.338 e. The molecule has 1 N–H and O–H groups in total. The van der Waals surface area contributed by atoms with Crippen LogP contribution in [0.5, 0.6) is 0 Å². The molecule has 0 aliphatic heterocycles. The summed E-state index contributed by atoms with van der Waals surface area (Å²) in [5.74, 6) is 0.125. The number of ether oxygens (including phenoxy) is 1. The molecule has 1 aromatic carbocycles. The molecule has 29 heavy (non-hydrogen) atoms. The van der Waals surface area contributed by atoms with E-state index in [1.165, 1.54) is 6.42 Å². The first-order valence-corrected chi connectivity index (χ1v) is 10.3. The number of nitrogens with zero attached hydrogens (tertiary/aromatic N) is 2. The van der Waals surface area contributed by atoms with E-state index >= 15 is 0 Å². The first-order chi connectivity index (χ1) is 13.8. The van der Waals surface area contributed by atoms with Crippen molar-refractivity contribution in [3.8, 4) is 0 Å². The minimum atomic E-state index is -0.583. The Bertz CT molecular complexity index is 982. The normalized spacial score (nSPS) is 21.7. The van der Waals surface area contributed by atoms with Crippen LogP contribution in [-0.2, 0) is 16.1 Å². The predicted molar refractivity (Wildman–Crippen MR) is 111 cm³/mol. The third-order valence-corrected chi connectivity index (χ3v) is 6.05. The highest BCUT2D eigenvalue weighted by molar-refractivity contribution is 5.94. The van der Waals surface area contributed by atoms with Gasteiger partial charge in [-0.05, 0) is 50.3 Å². The second kappa shape index (κ2) is 8.76. The summed E-state index contributed by atoms with van der Waals surface area (Å²) in [7, 11) is 0. The molecule has 1 aliphatic carbocycles. The summed E-state index contributed by atoms with van der Waals surface area (Å²) in [5.41, 5.74) is 1.75. The van der Waals surface area contributed by atoms with Crippen LogP contribution in [0.3, 0.4) is 0 Å². The van der Waals surface area contributed by atoms with Crippen LogP contribution >= 0.6 is 0 Å². The molecule has 1 fully saturated rings. The molecule has 0 unspecified atom stereocenters. The molecular weight excluding hydrogens is 370 g/mol. The first kappa shape index (κ1) is 21.0. The van der Waals surface area contributed by atoms with Gasteiger partial charge in [-0.25, -0.2) is 9.78 Å². The molecule has 3 atom stereocenters. The fourth-order valence-electron chi connectivity index (χ4n) is 4.06. The minimum absolute atomic E-state index is 0.128. The highest BCUT2D eigenvalue weighted by atomic mass is 16.5.